The fourth-order valence-electron chi connectivity index (χ4n) is 1.59. The Balaban J connectivity index is 2.43. The van der Waals surface area contributed by atoms with E-state index in [0.29, 0.717) is 16.3 Å². The Labute approximate surface area is 116 Å². The van der Waals surface area contributed by atoms with Crippen LogP contribution in [0.4, 0.5) is 11.4 Å². The predicted molar refractivity (Wildman–Crippen MR) is 75.6 cm³/mol. The van der Waals surface area contributed by atoms with Gasteiger partial charge < -0.3 is 5.73 Å². The molecule has 1 aromatic carbocycles. The van der Waals surface area contributed by atoms with Crippen molar-refractivity contribution in [2.75, 3.05) is 10.5 Å². The third-order valence-electron chi connectivity index (χ3n) is 2.50. The fourth-order valence-corrected chi connectivity index (χ4v) is 3.12. The molecule has 0 aliphatic heterocycles. The lowest BCUT2D eigenvalue weighted by Crippen LogP contribution is -2.14. The zero-order valence-electron chi connectivity index (χ0n) is 10.1. The van der Waals surface area contributed by atoms with Crippen molar-refractivity contribution >= 4 is 33.0 Å². The molecule has 0 saturated carbocycles. The second-order valence-corrected chi connectivity index (χ2v) is 6.04. The summed E-state index contributed by atoms with van der Waals surface area (Å²) in [5, 5.41) is 0.331. The number of benzene rings is 1. The molecular weight excluding hydrogens is 286 g/mol. The molecule has 0 unspecified atom stereocenters. The van der Waals surface area contributed by atoms with Gasteiger partial charge in [0.1, 0.15) is 0 Å². The summed E-state index contributed by atoms with van der Waals surface area (Å²) in [6.45, 7) is 1.66. The van der Waals surface area contributed by atoms with Crippen molar-refractivity contribution in [3.8, 4) is 0 Å². The summed E-state index contributed by atoms with van der Waals surface area (Å²) in [5.74, 6) is 0. The minimum absolute atomic E-state index is 0.0956. The highest BCUT2D eigenvalue weighted by Gasteiger charge is 2.18. The summed E-state index contributed by atoms with van der Waals surface area (Å²) in [7, 11) is -3.71. The van der Waals surface area contributed by atoms with E-state index in [1.54, 1.807) is 25.3 Å². The highest BCUT2D eigenvalue weighted by molar-refractivity contribution is 7.92. The highest BCUT2D eigenvalue weighted by Crippen LogP contribution is 2.27. The molecule has 1 aromatic heterocycles. The number of nitrogens with zero attached hydrogens (tertiary/aromatic N) is 1. The number of rotatable bonds is 3. The molecule has 0 aliphatic carbocycles. The quantitative estimate of drug-likeness (QED) is 0.852. The number of nitrogens with two attached hydrogens (primary N) is 1. The van der Waals surface area contributed by atoms with Crippen molar-refractivity contribution in [3.63, 3.8) is 0 Å². The first kappa shape index (κ1) is 13.6. The summed E-state index contributed by atoms with van der Waals surface area (Å²) < 4.78 is 26.9. The minimum atomic E-state index is -3.71. The van der Waals surface area contributed by atoms with E-state index in [4.69, 9.17) is 17.3 Å². The molecular formula is C12H12ClN3O2S. The molecule has 0 spiro atoms. The Morgan fingerprint density at radius 1 is 1.37 bits per heavy atom. The van der Waals surface area contributed by atoms with Crippen LogP contribution in [0.25, 0.3) is 0 Å². The topological polar surface area (TPSA) is 85.1 Å². The predicted octanol–water partition coefficient (Wildman–Crippen LogP) is 2.43. The molecule has 2 rings (SSSR count). The molecule has 0 atom stereocenters. The monoisotopic (exact) mass is 297 g/mol. The number of pyridine rings is 1. The summed E-state index contributed by atoms with van der Waals surface area (Å²) in [6, 6.07) is 6.12. The highest BCUT2D eigenvalue weighted by atomic mass is 35.5. The van der Waals surface area contributed by atoms with Crippen LogP contribution in [-0.4, -0.2) is 13.4 Å². The minimum Gasteiger partial charge on any atom is -0.397 e. The first-order valence-corrected chi connectivity index (χ1v) is 7.25. The molecule has 100 valence electrons. The number of hydrogen-bond donors (Lipinski definition) is 2. The maximum Gasteiger partial charge on any atom is 0.262 e. The van der Waals surface area contributed by atoms with E-state index in [9.17, 15) is 8.42 Å². The molecule has 0 aliphatic rings. The van der Waals surface area contributed by atoms with E-state index in [-0.39, 0.29) is 10.6 Å². The van der Waals surface area contributed by atoms with Crippen molar-refractivity contribution in [1.29, 1.82) is 0 Å². The van der Waals surface area contributed by atoms with E-state index < -0.39 is 10.0 Å². The summed E-state index contributed by atoms with van der Waals surface area (Å²) in [5.41, 5.74) is 6.77. The van der Waals surface area contributed by atoms with Crippen LogP contribution >= 0.6 is 11.6 Å². The molecule has 3 N–H and O–H groups in total. The van der Waals surface area contributed by atoms with Crippen molar-refractivity contribution < 1.29 is 8.42 Å². The van der Waals surface area contributed by atoms with Gasteiger partial charge >= 0.3 is 0 Å². The number of sulfonamides is 1. The van der Waals surface area contributed by atoms with E-state index in [1.165, 1.54) is 18.3 Å². The number of nitrogens with one attached hydrogen (secondary N) is 1. The van der Waals surface area contributed by atoms with Crippen LogP contribution in [0.15, 0.2) is 41.6 Å². The van der Waals surface area contributed by atoms with E-state index in [0.717, 1.165) is 0 Å². The first-order chi connectivity index (χ1) is 8.90. The van der Waals surface area contributed by atoms with Gasteiger partial charge in [0.15, 0.2) is 0 Å². The first-order valence-electron chi connectivity index (χ1n) is 5.38. The van der Waals surface area contributed by atoms with Gasteiger partial charge in [0, 0.05) is 6.20 Å². The third-order valence-corrected chi connectivity index (χ3v) is 4.35. The van der Waals surface area contributed by atoms with Crippen LogP contribution in [0, 0.1) is 6.92 Å². The Kier molecular flexibility index (Phi) is 3.64. The molecule has 7 heteroatoms. The van der Waals surface area contributed by atoms with Crippen LogP contribution in [0.2, 0.25) is 5.02 Å². The van der Waals surface area contributed by atoms with Gasteiger partial charge in [0.25, 0.3) is 10.0 Å². The van der Waals surface area contributed by atoms with Gasteiger partial charge in [-0.1, -0.05) is 11.6 Å². The molecule has 19 heavy (non-hydrogen) atoms. The SMILES string of the molecule is Cc1cc(Cl)c(N)cc1S(=O)(=O)Nc1cccnc1. The van der Waals surface area contributed by atoms with Gasteiger partial charge in [0.2, 0.25) is 0 Å². The van der Waals surface area contributed by atoms with Gasteiger partial charge in [-0.05, 0) is 36.8 Å². The molecule has 2 aromatic rings. The largest absolute Gasteiger partial charge is 0.397 e. The molecule has 0 fully saturated rings. The molecule has 0 bridgehead atoms. The van der Waals surface area contributed by atoms with Crippen LogP contribution in [-0.2, 0) is 10.0 Å². The summed E-state index contributed by atoms with van der Waals surface area (Å²) >= 11 is 5.85. The van der Waals surface area contributed by atoms with Gasteiger partial charge in [-0.2, -0.15) is 0 Å². The number of hydrogen-bond acceptors (Lipinski definition) is 4. The van der Waals surface area contributed by atoms with Crippen LogP contribution in [0.3, 0.4) is 0 Å². The molecule has 1 heterocycles. The second-order valence-electron chi connectivity index (χ2n) is 3.99. The van der Waals surface area contributed by atoms with E-state index in [2.05, 4.69) is 9.71 Å². The molecule has 5 nitrogen and oxygen atoms in total. The fraction of sp³-hybridized carbons (Fsp3) is 0.0833. The lowest BCUT2D eigenvalue weighted by Gasteiger charge is -2.11. The van der Waals surface area contributed by atoms with Crippen LogP contribution in [0.1, 0.15) is 5.56 Å². The lowest BCUT2D eigenvalue weighted by molar-refractivity contribution is 0.600. The second kappa shape index (κ2) is 5.07. The van der Waals surface area contributed by atoms with Crippen LogP contribution < -0.4 is 10.5 Å². The Morgan fingerprint density at radius 2 is 2.11 bits per heavy atom. The number of aromatic nitrogens is 1. The Hall–Kier alpha value is -1.79. The number of aryl methyl sites for hydroxylation is 1. The number of halogens is 1. The van der Waals surface area contributed by atoms with Gasteiger partial charge in [0.05, 0.1) is 27.5 Å². The lowest BCUT2D eigenvalue weighted by atomic mass is 10.2. The van der Waals surface area contributed by atoms with Gasteiger partial charge in [-0.3, -0.25) is 9.71 Å². The Morgan fingerprint density at radius 3 is 2.74 bits per heavy atom. The van der Waals surface area contributed by atoms with Crippen molar-refractivity contribution in [1.82, 2.24) is 4.98 Å². The van der Waals surface area contributed by atoms with Crippen molar-refractivity contribution in [3.05, 3.63) is 47.2 Å². The molecule has 0 amide bonds. The average Bonchev–Trinajstić information content (AvgIpc) is 2.34. The smallest absolute Gasteiger partial charge is 0.262 e. The summed E-state index contributed by atoms with van der Waals surface area (Å²) in [6.07, 6.45) is 2.98. The van der Waals surface area contributed by atoms with Crippen molar-refractivity contribution in [2.24, 2.45) is 0 Å². The third kappa shape index (κ3) is 2.97. The van der Waals surface area contributed by atoms with Crippen LogP contribution in [0.5, 0.6) is 0 Å². The zero-order valence-corrected chi connectivity index (χ0v) is 11.7. The van der Waals surface area contributed by atoms with E-state index in [1.807, 2.05) is 0 Å². The maximum atomic E-state index is 12.2. The van der Waals surface area contributed by atoms with Gasteiger partial charge in [-0.25, -0.2) is 8.42 Å². The number of nitrogen functional groups attached to an aromatic ring is 1. The molecule has 0 radical (unpaired) electrons. The normalized spacial score (nSPS) is 11.3. The van der Waals surface area contributed by atoms with E-state index >= 15 is 0 Å². The molecule has 0 saturated heterocycles. The average molecular weight is 298 g/mol. The summed E-state index contributed by atoms with van der Waals surface area (Å²) in [4.78, 5) is 3.94. The standard InChI is InChI=1S/C12H12ClN3O2S/c1-8-5-10(13)11(14)6-12(8)19(17,18)16-9-3-2-4-15-7-9/h2-7,16H,14H2,1H3. The van der Waals surface area contributed by atoms with Gasteiger partial charge in [-0.15, -0.1) is 0 Å². The number of anilines is 2. The van der Waals surface area contributed by atoms with Crippen molar-refractivity contribution in [2.45, 2.75) is 11.8 Å². The Bertz CT molecular complexity index is 702. The zero-order chi connectivity index (χ0) is 14.0. The maximum absolute atomic E-state index is 12.2.